The van der Waals surface area contributed by atoms with Crippen molar-refractivity contribution in [3.63, 3.8) is 0 Å². The third-order valence-electron chi connectivity index (χ3n) is 4.25. The molecule has 1 saturated heterocycles. The summed E-state index contributed by atoms with van der Waals surface area (Å²) in [7, 11) is 0. The first kappa shape index (κ1) is 19.2. The molecule has 136 valence electrons. The number of amidine groups is 1. The maximum Gasteiger partial charge on any atom is 0.175 e. The van der Waals surface area contributed by atoms with Crippen LogP contribution in [0.3, 0.4) is 0 Å². The molecule has 0 amide bonds. The van der Waals surface area contributed by atoms with Gasteiger partial charge in [0.1, 0.15) is 0 Å². The number of nitrogens with zero attached hydrogens (tertiary/aromatic N) is 2. The number of thiocarbonyl (C=S) groups is 1. The topological polar surface area (TPSA) is 27.6 Å². The van der Waals surface area contributed by atoms with Gasteiger partial charge in [-0.05, 0) is 54.9 Å². The minimum Gasteiger partial charge on any atom is -0.362 e. The van der Waals surface area contributed by atoms with Gasteiger partial charge in [-0.15, -0.1) is 0 Å². The van der Waals surface area contributed by atoms with Crippen molar-refractivity contribution in [1.82, 2.24) is 10.2 Å². The van der Waals surface area contributed by atoms with Crippen LogP contribution in [0, 0.1) is 0 Å². The predicted octanol–water partition coefficient (Wildman–Crippen LogP) is 5.27. The Hall–Kier alpha value is -1.56. The normalized spacial score (nSPS) is 18.3. The van der Waals surface area contributed by atoms with Gasteiger partial charge < -0.3 is 5.32 Å². The summed E-state index contributed by atoms with van der Waals surface area (Å²) in [5, 5.41) is 5.83. The first-order valence-corrected chi connectivity index (χ1v) is 10.5. The van der Waals surface area contributed by atoms with Gasteiger partial charge in [0.05, 0.1) is 5.69 Å². The molecule has 1 heterocycles. The maximum absolute atomic E-state index is 5.97. The molecule has 0 spiro atoms. The van der Waals surface area contributed by atoms with Gasteiger partial charge in [-0.1, -0.05) is 60.6 Å². The molecule has 0 aromatic heterocycles. The van der Waals surface area contributed by atoms with Crippen LogP contribution in [-0.4, -0.2) is 33.5 Å². The van der Waals surface area contributed by atoms with Crippen molar-refractivity contribution >= 4 is 51.5 Å². The van der Waals surface area contributed by atoms with Crippen LogP contribution < -0.4 is 5.32 Å². The van der Waals surface area contributed by atoms with E-state index in [0.29, 0.717) is 6.04 Å². The quantitative estimate of drug-likeness (QED) is 0.688. The van der Waals surface area contributed by atoms with E-state index >= 15 is 0 Å². The van der Waals surface area contributed by atoms with Gasteiger partial charge in [0.15, 0.2) is 10.3 Å². The van der Waals surface area contributed by atoms with E-state index < -0.39 is 0 Å². The van der Waals surface area contributed by atoms with Crippen molar-refractivity contribution in [3.8, 4) is 0 Å². The molecular weight excluding hydrogens is 382 g/mol. The molecule has 6 heteroatoms. The summed E-state index contributed by atoms with van der Waals surface area (Å²) in [6.07, 6.45) is 1.98. The van der Waals surface area contributed by atoms with E-state index in [1.165, 1.54) is 5.56 Å². The van der Waals surface area contributed by atoms with Gasteiger partial charge in [-0.2, -0.15) is 0 Å². The van der Waals surface area contributed by atoms with Gasteiger partial charge in [0.2, 0.25) is 0 Å². The van der Waals surface area contributed by atoms with E-state index in [-0.39, 0.29) is 0 Å². The lowest BCUT2D eigenvalue weighted by Gasteiger charge is -2.26. The molecule has 3 nitrogen and oxygen atoms in total. The van der Waals surface area contributed by atoms with E-state index in [1.54, 1.807) is 11.8 Å². The number of rotatable bonds is 5. The van der Waals surface area contributed by atoms with Crippen molar-refractivity contribution in [2.24, 2.45) is 4.99 Å². The molecule has 1 fully saturated rings. The van der Waals surface area contributed by atoms with E-state index in [9.17, 15) is 0 Å². The predicted molar refractivity (Wildman–Crippen MR) is 118 cm³/mol. The number of aliphatic imine (C=N–C) groups is 1. The maximum atomic E-state index is 5.97. The van der Waals surface area contributed by atoms with Crippen LogP contribution in [0.5, 0.6) is 0 Å². The second-order valence-corrected chi connectivity index (χ2v) is 7.89. The summed E-state index contributed by atoms with van der Waals surface area (Å²) >= 11 is 13.4. The third kappa shape index (κ3) is 5.00. The summed E-state index contributed by atoms with van der Waals surface area (Å²) in [6, 6.07) is 18.4. The van der Waals surface area contributed by atoms with E-state index in [2.05, 4.69) is 41.4 Å². The number of hydrogen-bond donors (Lipinski definition) is 1. The highest BCUT2D eigenvalue weighted by atomic mass is 35.5. The van der Waals surface area contributed by atoms with Crippen molar-refractivity contribution in [2.75, 3.05) is 12.3 Å². The third-order valence-corrected chi connectivity index (χ3v) is 5.94. The number of nitrogens with one attached hydrogen (secondary N) is 1. The Morgan fingerprint density at radius 1 is 1.23 bits per heavy atom. The molecule has 2 aromatic carbocycles. The number of thioether (sulfide) groups is 1. The van der Waals surface area contributed by atoms with Crippen LogP contribution in [0.25, 0.3) is 0 Å². The smallest absolute Gasteiger partial charge is 0.175 e. The second-order valence-electron chi connectivity index (χ2n) is 6.08. The van der Waals surface area contributed by atoms with Crippen LogP contribution in [0.4, 0.5) is 5.69 Å². The first-order valence-electron chi connectivity index (χ1n) is 8.75. The van der Waals surface area contributed by atoms with Gasteiger partial charge in [0.25, 0.3) is 0 Å². The minimum absolute atomic E-state index is 0.378. The molecule has 0 radical (unpaired) electrons. The van der Waals surface area contributed by atoms with Gasteiger partial charge in [-0.3, -0.25) is 4.90 Å². The monoisotopic (exact) mass is 403 g/mol. The second kappa shape index (κ2) is 9.40. The fourth-order valence-corrected chi connectivity index (χ4v) is 4.58. The fourth-order valence-electron chi connectivity index (χ4n) is 2.78. The summed E-state index contributed by atoms with van der Waals surface area (Å²) in [5.74, 6) is 1.00. The zero-order valence-electron chi connectivity index (χ0n) is 14.7. The largest absolute Gasteiger partial charge is 0.362 e. The van der Waals surface area contributed by atoms with Crippen molar-refractivity contribution in [1.29, 1.82) is 0 Å². The Morgan fingerprint density at radius 2 is 1.96 bits per heavy atom. The Bertz CT molecular complexity index is 762. The van der Waals surface area contributed by atoms with E-state index in [4.69, 9.17) is 28.8 Å². The van der Waals surface area contributed by atoms with Crippen molar-refractivity contribution in [3.05, 3.63) is 65.2 Å². The molecule has 3 rings (SSSR count). The van der Waals surface area contributed by atoms with Crippen LogP contribution >= 0.6 is 35.6 Å². The molecule has 0 unspecified atom stereocenters. The number of benzene rings is 2. The average Bonchev–Trinajstić information content (AvgIpc) is 3.07. The highest BCUT2D eigenvalue weighted by Crippen LogP contribution is 2.29. The molecule has 0 aliphatic carbocycles. The highest BCUT2D eigenvalue weighted by Gasteiger charge is 2.31. The zero-order valence-corrected chi connectivity index (χ0v) is 17.1. The Balaban J connectivity index is 1.67. The molecule has 0 saturated carbocycles. The zero-order chi connectivity index (χ0) is 18.4. The van der Waals surface area contributed by atoms with Crippen LogP contribution in [0.2, 0.25) is 5.02 Å². The minimum atomic E-state index is 0.378. The molecule has 1 aliphatic rings. The molecule has 1 N–H and O–H groups in total. The molecular formula is C20H22ClN3S2. The van der Waals surface area contributed by atoms with Crippen LogP contribution in [0.15, 0.2) is 59.6 Å². The van der Waals surface area contributed by atoms with Gasteiger partial charge in [-0.25, -0.2) is 4.99 Å². The van der Waals surface area contributed by atoms with Gasteiger partial charge in [0, 0.05) is 23.4 Å². The Labute approximate surface area is 169 Å². The lowest BCUT2D eigenvalue weighted by Crippen LogP contribution is -2.45. The molecule has 1 atom stereocenters. The van der Waals surface area contributed by atoms with E-state index in [0.717, 1.165) is 46.1 Å². The lowest BCUT2D eigenvalue weighted by molar-refractivity contribution is 0.470. The van der Waals surface area contributed by atoms with Crippen molar-refractivity contribution in [2.45, 2.75) is 25.8 Å². The highest BCUT2D eigenvalue weighted by molar-refractivity contribution is 8.14. The summed E-state index contributed by atoms with van der Waals surface area (Å²) in [5.41, 5.74) is 2.20. The molecule has 2 aromatic rings. The Kier molecular flexibility index (Phi) is 6.94. The average molecular weight is 404 g/mol. The number of halogens is 1. The fraction of sp³-hybridized carbons (Fsp3) is 0.300. The summed E-state index contributed by atoms with van der Waals surface area (Å²) in [6.45, 7) is 3.00. The first-order chi connectivity index (χ1) is 12.7. The summed E-state index contributed by atoms with van der Waals surface area (Å²) in [4.78, 5) is 6.95. The molecule has 26 heavy (non-hydrogen) atoms. The number of hydrogen-bond acceptors (Lipinski definition) is 3. The summed E-state index contributed by atoms with van der Waals surface area (Å²) < 4.78 is 0. The van der Waals surface area contributed by atoms with Gasteiger partial charge >= 0.3 is 0 Å². The van der Waals surface area contributed by atoms with Crippen molar-refractivity contribution < 1.29 is 0 Å². The Morgan fingerprint density at radius 3 is 2.65 bits per heavy atom. The molecule has 1 aliphatic heterocycles. The van der Waals surface area contributed by atoms with Crippen LogP contribution in [0.1, 0.15) is 18.9 Å². The lowest BCUT2D eigenvalue weighted by atomic mass is 10.1. The molecule has 0 bridgehead atoms. The van der Waals surface area contributed by atoms with Crippen LogP contribution in [-0.2, 0) is 6.42 Å². The SMILES string of the molecule is CC[C@H]1CSC(=Nc2ccc(Cl)cc2)N1C(=S)NCCc1ccccc1. The van der Waals surface area contributed by atoms with E-state index in [1.807, 2.05) is 30.3 Å². The standard InChI is InChI=1S/C20H22ClN3S2/c1-2-18-14-26-20(23-17-10-8-16(21)9-11-17)24(18)19(25)22-13-12-15-6-4-3-5-7-15/h3-11,18H,2,12-14H2,1H3,(H,22,25)/t18-/m0/s1.